The molecule has 1 aliphatic heterocycles. The predicted molar refractivity (Wildman–Crippen MR) is 129 cm³/mol. The summed E-state index contributed by atoms with van der Waals surface area (Å²) in [6.45, 7) is 8.61. The maximum Gasteiger partial charge on any atom is 0.337 e. The van der Waals surface area contributed by atoms with E-state index in [1.165, 1.54) is 17.4 Å². The van der Waals surface area contributed by atoms with E-state index in [0.29, 0.717) is 38.0 Å². The van der Waals surface area contributed by atoms with Crippen molar-refractivity contribution in [3.8, 4) is 11.1 Å². The summed E-state index contributed by atoms with van der Waals surface area (Å²) in [6.07, 6.45) is -0.0109. The predicted octanol–water partition coefficient (Wildman–Crippen LogP) is 5.57. The number of anilines is 1. The maximum absolute atomic E-state index is 14.2. The van der Waals surface area contributed by atoms with E-state index in [9.17, 15) is 14.3 Å². The van der Waals surface area contributed by atoms with E-state index >= 15 is 0 Å². The number of ether oxygens (including phenoxy) is 1. The molecule has 5 nitrogen and oxygen atoms in total. The molecule has 2 N–H and O–H groups in total. The molecule has 8 heteroatoms. The highest BCUT2D eigenvalue weighted by molar-refractivity contribution is 7.19. The number of carbonyl (C=O) groups is 1. The summed E-state index contributed by atoms with van der Waals surface area (Å²) in [6, 6.07) is 8.87. The van der Waals surface area contributed by atoms with Gasteiger partial charge < -0.3 is 20.1 Å². The third-order valence-corrected chi connectivity index (χ3v) is 7.01. The molecule has 32 heavy (non-hydrogen) atoms. The first-order chi connectivity index (χ1) is 15.2. The Balaban J connectivity index is 1.70. The van der Waals surface area contributed by atoms with Crippen LogP contribution >= 0.6 is 22.9 Å². The van der Waals surface area contributed by atoms with Gasteiger partial charge in [0.15, 0.2) is 0 Å². The van der Waals surface area contributed by atoms with Crippen LogP contribution in [0.4, 0.5) is 10.1 Å². The highest BCUT2D eigenvalue weighted by atomic mass is 35.5. The van der Waals surface area contributed by atoms with Gasteiger partial charge in [-0.2, -0.15) is 0 Å². The van der Waals surface area contributed by atoms with E-state index in [-0.39, 0.29) is 16.7 Å². The second kappa shape index (κ2) is 9.35. The molecule has 0 bridgehead atoms. The molecule has 1 aliphatic rings. The molecule has 170 valence electrons. The average molecular weight is 477 g/mol. The van der Waals surface area contributed by atoms with Crippen LogP contribution in [0.1, 0.15) is 29.1 Å². The topological polar surface area (TPSA) is 61.8 Å². The smallest absolute Gasteiger partial charge is 0.337 e. The minimum Gasteiger partial charge on any atom is -0.478 e. The quantitative estimate of drug-likeness (QED) is 0.487. The summed E-state index contributed by atoms with van der Waals surface area (Å²) in [5.74, 6) is -1.47. The molecule has 2 aromatic carbocycles. The second-order valence-corrected chi connectivity index (χ2v) is 10.00. The normalized spacial score (nSPS) is 16.8. The van der Waals surface area contributed by atoms with Crippen LogP contribution in [-0.2, 0) is 4.74 Å². The third kappa shape index (κ3) is 4.62. The Morgan fingerprint density at radius 3 is 2.88 bits per heavy atom. The van der Waals surface area contributed by atoms with Gasteiger partial charge in [0, 0.05) is 46.2 Å². The molecule has 1 fully saturated rings. The summed E-state index contributed by atoms with van der Waals surface area (Å²) < 4.78 is 20.9. The Labute approximate surface area is 195 Å². The van der Waals surface area contributed by atoms with E-state index in [0.717, 1.165) is 26.1 Å². The van der Waals surface area contributed by atoms with Crippen molar-refractivity contribution in [2.75, 3.05) is 31.1 Å². The number of rotatable bonds is 6. The lowest BCUT2D eigenvalue weighted by Gasteiger charge is -2.35. The monoisotopic (exact) mass is 476 g/mol. The van der Waals surface area contributed by atoms with Crippen molar-refractivity contribution in [3.05, 3.63) is 51.6 Å². The Morgan fingerprint density at radius 1 is 1.38 bits per heavy atom. The van der Waals surface area contributed by atoms with Crippen molar-refractivity contribution >= 4 is 44.7 Å². The summed E-state index contributed by atoms with van der Waals surface area (Å²) >= 11 is 7.47. The van der Waals surface area contributed by atoms with Crippen LogP contribution in [0.15, 0.2) is 30.3 Å². The Bertz CT molecular complexity index is 1160. The molecule has 4 rings (SSSR count). The fraction of sp³-hybridized carbons (Fsp3) is 0.375. The number of nitrogens with zero attached hydrogens (tertiary/aromatic N) is 1. The van der Waals surface area contributed by atoms with Gasteiger partial charge in [-0.1, -0.05) is 31.5 Å². The number of hydrogen-bond donors (Lipinski definition) is 2. The third-order valence-electron chi connectivity index (χ3n) is 5.66. The fourth-order valence-electron chi connectivity index (χ4n) is 4.14. The number of hydrogen-bond acceptors (Lipinski definition) is 5. The Morgan fingerprint density at radius 2 is 2.16 bits per heavy atom. The molecular formula is C24H26ClFN2O3S. The maximum atomic E-state index is 14.2. The van der Waals surface area contributed by atoms with Gasteiger partial charge in [0.1, 0.15) is 5.82 Å². The van der Waals surface area contributed by atoms with Crippen molar-refractivity contribution in [3.63, 3.8) is 0 Å². The number of aromatic carboxylic acids is 1. The average Bonchev–Trinajstić information content (AvgIpc) is 3.06. The van der Waals surface area contributed by atoms with E-state index in [1.807, 2.05) is 19.1 Å². The number of aryl methyl sites for hydroxylation is 1. The molecule has 1 atom stereocenters. The highest BCUT2D eigenvalue weighted by Gasteiger charge is 2.25. The summed E-state index contributed by atoms with van der Waals surface area (Å²) in [5, 5.41) is 14.2. The lowest BCUT2D eigenvalue weighted by atomic mass is 9.98. The van der Waals surface area contributed by atoms with Gasteiger partial charge in [-0.3, -0.25) is 0 Å². The minimum atomic E-state index is -0.989. The number of nitrogens with one attached hydrogen (secondary N) is 1. The zero-order valence-electron chi connectivity index (χ0n) is 18.2. The number of benzene rings is 2. The number of thiophene rings is 1. The first kappa shape index (κ1) is 23.0. The standard InChI is InChI=1S/C24H26ClFN2O3S/c1-13(2)27-11-16-12-28(6-7-31-16)21-5-4-15(8-17(21)24(29)30)23-14(3)32-22-10-19(25)20(26)9-18(22)23/h4-5,8-10,13,16,27H,6-7,11-12H2,1-3H3,(H,29,30)/t16-/m1/s1. The Hall–Kier alpha value is -2.19. The van der Waals surface area contributed by atoms with Crippen LogP contribution in [0.25, 0.3) is 21.2 Å². The molecule has 1 saturated heterocycles. The van der Waals surface area contributed by atoms with Crippen molar-refractivity contribution < 1.29 is 19.0 Å². The summed E-state index contributed by atoms with van der Waals surface area (Å²) in [7, 11) is 0. The van der Waals surface area contributed by atoms with Crippen molar-refractivity contribution in [1.29, 1.82) is 0 Å². The molecule has 0 saturated carbocycles. The first-order valence-electron chi connectivity index (χ1n) is 10.6. The van der Waals surface area contributed by atoms with Crippen LogP contribution in [0.5, 0.6) is 0 Å². The lowest BCUT2D eigenvalue weighted by molar-refractivity contribution is 0.0396. The van der Waals surface area contributed by atoms with Crippen molar-refractivity contribution in [2.45, 2.75) is 32.9 Å². The lowest BCUT2D eigenvalue weighted by Crippen LogP contribution is -2.48. The molecule has 0 aliphatic carbocycles. The van der Waals surface area contributed by atoms with E-state index < -0.39 is 11.8 Å². The number of carboxylic acids is 1. The van der Waals surface area contributed by atoms with E-state index in [1.54, 1.807) is 12.1 Å². The van der Waals surface area contributed by atoms with Crippen LogP contribution in [0, 0.1) is 12.7 Å². The van der Waals surface area contributed by atoms with E-state index in [4.69, 9.17) is 16.3 Å². The second-order valence-electron chi connectivity index (χ2n) is 8.33. The van der Waals surface area contributed by atoms with Crippen molar-refractivity contribution in [1.82, 2.24) is 5.32 Å². The van der Waals surface area contributed by atoms with Crippen LogP contribution in [0.2, 0.25) is 5.02 Å². The minimum absolute atomic E-state index is 0.0109. The van der Waals surface area contributed by atoms with E-state index in [2.05, 4.69) is 24.1 Å². The van der Waals surface area contributed by atoms with Gasteiger partial charge in [-0.05, 0) is 36.8 Å². The first-order valence-corrected chi connectivity index (χ1v) is 11.8. The molecule has 3 aromatic rings. The summed E-state index contributed by atoms with van der Waals surface area (Å²) in [5.41, 5.74) is 2.50. The van der Waals surface area contributed by atoms with Gasteiger partial charge >= 0.3 is 5.97 Å². The van der Waals surface area contributed by atoms with Crippen LogP contribution in [-0.4, -0.2) is 49.5 Å². The molecule has 0 unspecified atom stereocenters. The zero-order chi connectivity index (χ0) is 23.0. The molecular weight excluding hydrogens is 451 g/mol. The van der Waals surface area contributed by atoms with Gasteiger partial charge in [-0.25, -0.2) is 9.18 Å². The molecule has 0 amide bonds. The Kier molecular flexibility index (Phi) is 6.72. The number of carboxylic acid groups (broad SMARTS) is 1. The summed E-state index contributed by atoms with van der Waals surface area (Å²) in [4.78, 5) is 15.2. The van der Waals surface area contributed by atoms with Crippen molar-refractivity contribution in [2.24, 2.45) is 0 Å². The molecule has 0 radical (unpaired) electrons. The fourth-order valence-corrected chi connectivity index (χ4v) is 5.48. The largest absolute Gasteiger partial charge is 0.478 e. The molecule has 1 aromatic heterocycles. The zero-order valence-corrected chi connectivity index (χ0v) is 19.8. The van der Waals surface area contributed by atoms with Gasteiger partial charge in [0.2, 0.25) is 0 Å². The van der Waals surface area contributed by atoms with Crippen LogP contribution in [0.3, 0.4) is 0 Å². The van der Waals surface area contributed by atoms with Gasteiger partial charge in [0.25, 0.3) is 0 Å². The number of halogens is 2. The van der Waals surface area contributed by atoms with Crippen LogP contribution < -0.4 is 10.2 Å². The number of morpholine rings is 1. The van der Waals surface area contributed by atoms with Gasteiger partial charge in [0.05, 0.1) is 29.0 Å². The SMILES string of the molecule is Cc1sc2cc(Cl)c(F)cc2c1-c1ccc(N2CCO[C@H](CNC(C)C)C2)c(C(=O)O)c1. The van der Waals surface area contributed by atoms with Gasteiger partial charge in [-0.15, -0.1) is 11.3 Å². The number of fused-ring (bicyclic) bond motifs is 1. The highest BCUT2D eigenvalue weighted by Crippen LogP contribution is 2.41. The molecule has 2 heterocycles. The molecule has 0 spiro atoms.